The van der Waals surface area contributed by atoms with E-state index >= 15 is 0 Å². The quantitative estimate of drug-likeness (QED) is 0.878. The van der Waals surface area contributed by atoms with Gasteiger partial charge in [-0.2, -0.15) is 0 Å². The van der Waals surface area contributed by atoms with Gasteiger partial charge >= 0.3 is 0 Å². The molecule has 2 bridgehead atoms. The minimum atomic E-state index is 0.188. The smallest absolute Gasteiger partial charge is 0.220 e. The molecule has 0 saturated carbocycles. The molecule has 2 fully saturated rings. The number of hydrogen-bond donors (Lipinski definition) is 2. The lowest BCUT2D eigenvalue weighted by Gasteiger charge is -2.28. The molecule has 2 aliphatic heterocycles. The van der Waals surface area contributed by atoms with Crippen LogP contribution >= 0.6 is 11.6 Å². The summed E-state index contributed by atoms with van der Waals surface area (Å²) in [6.07, 6.45) is 6.37. The van der Waals surface area contributed by atoms with E-state index in [1.165, 1.54) is 12.8 Å². The predicted molar refractivity (Wildman–Crippen MR) is 85.5 cm³/mol. The first-order chi connectivity index (χ1) is 10.2. The second-order valence-electron chi connectivity index (χ2n) is 6.37. The summed E-state index contributed by atoms with van der Waals surface area (Å²) in [5.41, 5.74) is 1.10. The van der Waals surface area contributed by atoms with E-state index in [4.69, 9.17) is 11.6 Å². The summed E-state index contributed by atoms with van der Waals surface area (Å²) in [6, 6.07) is 9.13. The summed E-state index contributed by atoms with van der Waals surface area (Å²) in [5.74, 6) is 0.748. The van der Waals surface area contributed by atoms with Crippen molar-refractivity contribution in [1.29, 1.82) is 0 Å². The summed E-state index contributed by atoms with van der Waals surface area (Å²) in [7, 11) is 0. The lowest BCUT2D eigenvalue weighted by Crippen LogP contribution is -2.39. The second-order valence-corrected chi connectivity index (χ2v) is 6.78. The van der Waals surface area contributed by atoms with Gasteiger partial charge in [0.05, 0.1) is 0 Å². The van der Waals surface area contributed by atoms with Gasteiger partial charge in [-0.15, -0.1) is 0 Å². The molecular formula is C17H23ClN2O. The molecule has 3 nitrogen and oxygen atoms in total. The molecule has 1 amide bonds. The topological polar surface area (TPSA) is 41.1 Å². The maximum Gasteiger partial charge on any atom is 0.220 e. The summed E-state index contributed by atoms with van der Waals surface area (Å²) in [4.78, 5) is 12.1. The Hall–Kier alpha value is -1.06. The zero-order chi connectivity index (χ0) is 14.7. The van der Waals surface area contributed by atoms with Crippen molar-refractivity contribution in [2.45, 2.75) is 50.6 Å². The van der Waals surface area contributed by atoms with Crippen LogP contribution in [0.25, 0.3) is 0 Å². The fraction of sp³-hybridized carbons (Fsp3) is 0.588. The number of fused-ring (bicyclic) bond motifs is 2. The number of carbonyl (C=O) groups is 1. The van der Waals surface area contributed by atoms with Gasteiger partial charge in [0.1, 0.15) is 0 Å². The molecular weight excluding hydrogens is 284 g/mol. The molecule has 2 saturated heterocycles. The van der Waals surface area contributed by atoms with Crippen molar-refractivity contribution in [1.82, 2.24) is 10.6 Å². The minimum Gasteiger partial charge on any atom is -0.356 e. The lowest BCUT2D eigenvalue weighted by molar-refractivity contribution is -0.122. The van der Waals surface area contributed by atoms with Crippen LogP contribution in [0.1, 0.15) is 37.7 Å². The molecule has 2 aliphatic rings. The number of amides is 1. The highest BCUT2D eigenvalue weighted by Gasteiger charge is 2.33. The van der Waals surface area contributed by atoms with Gasteiger partial charge in [-0.25, -0.2) is 0 Å². The molecule has 4 heteroatoms. The van der Waals surface area contributed by atoms with Crippen LogP contribution in [-0.4, -0.2) is 24.5 Å². The summed E-state index contributed by atoms with van der Waals surface area (Å²) in [5, 5.41) is 7.44. The number of halogens is 1. The third-order valence-corrected chi connectivity index (χ3v) is 5.09. The van der Waals surface area contributed by atoms with Crippen molar-refractivity contribution in [3.05, 3.63) is 34.9 Å². The largest absolute Gasteiger partial charge is 0.356 e. The van der Waals surface area contributed by atoms with Gasteiger partial charge in [0.2, 0.25) is 5.91 Å². The average Bonchev–Trinajstić information content (AvgIpc) is 2.80. The number of carbonyl (C=O) groups excluding carboxylic acids is 1. The summed E-state index contributed by atoms with van der Waals surface area (Å²) >= 11 is 6.11. The van der Waals surface area contributed by atoms with E-state index in [2.05, 4.69) is 10.6 Å². The first-order valence-corrected chi connectivity index (χ1v) is 8.34. The van der Waals surface area contributed by atoms with Crippen LogP contribution in [0.4, 0.5) is 0 Å². The zero-order valence-corrected chi connectivity index (χ0v) is 13.0. The van der Waals surface area contributed by atoms with Crippen LogP contribution in [-0.2, 0) is 11.2 Å². The molecule has 2 heterocycles. The van der Waals surface area contributed by atoms with Gasteiger partial charge in [-0.3, -0.25) is 4.79 Å². The Balaban J connectivity index is 1.40. The Morgan fingerprint density at radius 3 is 2.67 bits per heavy atom. The lowest BCUT2D eigenvalue weighted by atomic mass is 9.89. The molecule has 1 aromatic rings. The van der Waals surface area contributed by atoms with Crippen LogP contribution in [0.15, 0.2) is 24.3 Å². The maximum atomic E-state index is 12.1. The SMILES string of the molecule is O=C(CC1CC2CCC(C1)N2)NCCc1ccccc1Cl. The number of nitrogens with one attached hydrogen (secondary N) is 2. The standard InChI is InChI=1S/C17H23ClN2O/c18-16-4-2-1-3-13(16)7-8-19-17(21)11-12-9-14-5-6-15(10-12)20-14/h1-4,12,14-15,20H,5-11H2,(H,19,21). The Morgan fingerprint density at radius 1 is 1.24 bits per heavy atom. The second kappa shape index (κ2) is 6.80. The number of hydrogen-bond acceptors (Lipinski definition) is 2. The highest BCUT2D eigenvalue weighted by molar-refractivity contribution is 6.31. The van der Waals surface area contributed by atoms with Crippen LogP contribution < -0.4 is 10.6 Å². The monoisotopic (exact) mass is 306 g/mol. The van der Waals surface area contributed by atoms with Crippen LogP contribution in [0.3, 0.4) is 0 Å². The predicted octanol–water partition coefficient (Wildman–Crippen LogP) is 2.92. The first kappa shape index (κ1) is 14.9. The highest BCUT2D eigenvalue weighted by atomic mass is 35.5. The third kappa shape index (κ3) is 3.98. The summed E-state index contributed by atoms with van der Waals surface area (Å²) in [6.45, 7) is 0.667. The van der Waals surface area contributed by atoms with Crippen molar-refractivity contribution in [2.24, 2.45) is 5.92 Å². The number of piperidine rings is 1. The van der Waals surface area contributed by atoms with Crippen molar-refractivity contribution >= 4 is 17.5 Å². The molecule has 2 atom stereocenters. The molecule has 2 unspecified atom stereocenters. The van der Waals surface area contributed by atoms with Gasteiger partial charge in [0.25, 0.3) is 0 Å². The third-order valence-electron chi connectivity index (χ3n) is 4.72. The van der Waals surface area contributed by atoms with E-state index in [9.17, 15) is 4.79 Å². The highest BCUT2D eigenvalue weighted by Crippen LogP contribution is 2.32. The van der Waals surface area contributed by atoms with Gasteiger partial charge < -0.3 is 10.6 Å². The molecule has 0 aliphatic carbocycles. The Kier molecular flexibility index (Phi) is 4.81. The van der Waals surface area contributed by atoms with Crippen LogP contribution in [0.2, 0.25) is 5.02 Å². The zero-order valence-electron chi connectivity index (χ0n) is 12.3. The van der Waals surface area contributed by atoms with Gasteiger partial charge in [-0.1, -0.05) is 29.8 Å². The van der Waals surface area contributed by atoms with Crippen molar-refractivity contribution in [3.8, 4) is 0 Å². The summed E-state index contributed by atoms with van der Waals surface area (Å²) < 4.78 is 0. The van der Waals surface area contributed by atoms with E-state index in [1.54, 1.807) is 0 Å². The molecule has 0 aromatic heterocycles. The number of rotatable bonds is 5. The molecule has 0 radical (unpaired) electrons. The molecule has 114 valence electrons. The maximum absolute atomic E-state index is 12.1. The van der Waals surface area contributed by atoms with E-state index in [0.29, 0.717) is 31.0 Å². The first-order valence-electron chi connectivity index (χ1n) is 7.97. The minimum absolute atomic E-state index is 0.188. The molecule has 0 spiro atoms. The Labute approximate surface area is 131 Å². The fourth-order valence-electron chi connectivity index (χ4n) is 3.71. The van der Waals surface area contributed by atoms with Crippen LogP contribution in [0, 0.1) is 5.92 Å². The Morgan fingerprint density at radius 2 is 1.95 bits per heavy atom. The van der Waals surface area contributed by atoms with Gasteiger partial charge in [-0.05, 0) is 49.7 Å². The van der Waals surface area contributed by atoms with E-state index in [1.807, 2.05) is 24.3 Å². The average molecular weight is 307 g/mol. The fourth-order valence-corrected chi connectivity index (χ4v) is 3.94. The Bertz CT molecular complexity index is 493. The molecule has 2 N–H and O–H groups in total. The van der Waals surface area contributed by atoms with E-state index in [-0.39, 0.29) is 5.91 Å². The molecule has 21 heavy (non-hydrogen) atoms. The van der Waals surface area contributed by atoms with Crippen molar-refractivity contribution < 1.29 is 4.79 Å². The van der Waals surface area contributed by atoms with Gasteiger partial charge in [0, 0.05) is 30.1 Å². The van der Waals surface area contributed by atoms with Gasteiger partial charge in [0.15, 0.2) is 0 Å². The van der Waals surface area contributed by atoms with E-state index < -0.39 is 0 Å². The van der Waals surface area contributed by atoms with Crippen LogP contribution in [0.5, 0.6) is 0 Å². The number of benzene rings is 1. The van der Waals surface area contributed by atoms with Crippen molar-refractivity contribution in [3.63, 3.8) is 0 Å². The van der Waals surface area contributed by atoms with Crippen molar-refractivity contribution in [2.75, 3.05) is 6.54 Å². The normalized spacial score (nSPS) is 27.6. The van der Waals surface area contributed by atoms with E-state index in [0.717, 1.165) is 29.8 Å². The molecule has 1 aromatic carbocycles. The molecule has 3 rings (SSSR count).